The molecule has 2 aliphatic heterocycles. The van der Waals surface area contributed by atoms with Crippen molar-refractivity contribution in [2.75, 3.05) is 6.61 Å². The van der Waals surface area contributed by atoms with Crippen LogP contribution in [0.2, 0.25) is 0 Å². The standard InChI is InChI=1S/C28H35FN4O5/c1-5-27(3)15-22(35)33(26(30)32-27)19-12-13-38-21-11-10-16(14-17(19)21)25(36)31-24(28(4,37)6-2)23-18(29)8-7-9-20(23)34/h7-11,14,19,24,34,37H,5-6,12-13,15H2,1-4H3,(H2,30,32)(H,31,36)/t19-,24?,27-,28?/m1/s1. The van der Waals surface area contributed by atoms with Gasteiger partial charge in [0.05, 0.1) is 41.8 Å². The number of carbonyl (C=O) groups is 2. The van der Waals surface area contributed by atoms with Gasteiger partial charge in [-0.1, -0.05) is 19.9 Å². The highest BCUT2D eigenvalue weighted by atomic mass is 19.1. The summed E-state index contributed by atoms with van der Waals surface area (Å²) in [6, 6.07) is 6.90. The number of amides is 2. The fourth-order valence-electron chi connectivity index (χ4n) is 5.00. The number of phenols is 1. The zero-order chi connectivity index (χ0) is 27.8. The van der Waals surface area contributed by atoms with Crippen LogP contribution in [0.5, 0.6) is 11.5 Å². The number of benzene rings is 2. The van der Waals surface area contributed by atoms with Gasteiger partial charge < -0.3 is 26.0 Å². The zero-order valence-corrected chi connectivity index (χ0v) is 22.1. The Morgan fingerprint density at radius 1 is 1.37 bits per heavy atom. The van der Waals surface area contributed by atoms with E-state index in [4.69, 9.17) is 10.5 Å². The summed E-state index contributed by atoms with van der Waals surface area (Å²) in [5, 5.41) is 24.1. The van der Waals surface area contributed by atoms with E-state index in [9.17, 15) is 24.2 Å². The minimum Gasteiger partial charge on any atom is -0.507 e. The van der Waals surface area contributed by atoms with Gasteiger partial charge in [-0.25, -0.2) is 9.38 Å². The maximum absolute atomic E-state index is 14.8. The molecule has 2 aromatic rings. The SMILES string of the molecule is CCC(C)(O)C(NC(=O)c1ccc2c(c1)[C@H](N1C(=O)C[C@@](C)(CC)N=C1N)CCO2)c1c(O)cccc1F. The van der Waals surface area contributed by atoms with Crippen molar-refractivity contribution in [3.63, 3.8) is 0 Å². The lowest BCUT2D eigenvalue weighted by Gasteiger charge is -2.40. The molecule has 4 atom stereocenters. The third-order valence-electron chi connectivity index (χ3n) is 7.72. The number of aromatic hydroxyl groups is 1. The Kier molecular flexibility index (Phi) is 7.38. The summed E-state index contributed by atoms with van der Waals surface area (Å²) in [7, 11) is 0. The number of guanidine groups is 1. The van der Waals surface area contributed by atoms with E-state index in [0.29, 0.717) is 30.8 Å². The third kappa shape index (κ3) is 5.05. The molecule has 0 aromatic heterocycles. The number of hydrogen-bond acceptors (Lipinski definition) is 7. The summed E-state index contributed by atoms with van der Waals surface area (Å²) < 4.78 is 20.5. The molecule has 2 amide bonds. The van der Waals surface area contributed by atoms with Crippen molar-refractivity contribution in [3.05, 3.63) is 58.9 Å². The first-order valence-corrected chi connectivity index (χ1v) is 12.9. The summed E-state index contributed by atoms with van der Waals surface area (Å²) in [6.45, 7) is 7.38. The van der Waals surface area contributed by atoms with Crippen LogP contribution in [0.4, 0.5) is 4.39 Å². The molecule has 5 N–H and O–H groups in total. The molecule has 0 bridgehead atoms. The lowest BCUT2D eigenvalue weighted by Crippen LogP contribution is -2.52. The Morgan fingerprint density at radius 3 is 2.74 bits per heavy atom. The first kappa shape index (κ1) is 27.4. The van der Waals surface area contributed by atoms with Crippen LogP contribution in [0.15, 0.2) is 41.4 Å². The van der Waals surface area contributed by atoms with Crippen molar-refractivity contribution in [3.8, 4) is 11.5 Å². The topological polar surface area (TPSA) is 137 Å². The minimum atomic E-state index is -1.56. The van der Waals surface area contributed by atoms with E-state index in [-0.39, 0.29) is 41.6 Å². The molecule has 2 heterocycles. The van der Waals surface area contributed by atoms with E-state index in [0.717, 1.165) is 6.07 Å². The van der Waals surface area contributed by atoms with Crippen molar-refractivity contribution >= 4 is 17.8 Å². The van der Waals surface area contributed by atoms with E-state index < -0.39 is 34.9 Å². The Hall–Kier alpha value is -3.66. The van der Waals surface area contributed by atoms with Crippen molar-refractivity contribution in [2.24, 2.45) is 10.7 Å². The Balaban J connectivity index is 1.69. The number of halogens is 1. The van der Waals surface area contributed by atoms with Crippen LogP contribution in [-0.4, -0.2) is 50.6 Å². The number of fused-ring (bicyclic) bond motifs is 1. The van der Waals surface area contributed by atoms with Crippen LogP contribution < -0.4 is 15.8 Å². The average Bonchev–Trinajstić information content (AvgIpc) is 2.87. The maximum Gasteiger partial charge on any atom is 0.251 e. The van der Waals surface area contributed by atoms with Crippen LogP contribution in [0.1, 0.15) is 86.9 Å². The van der Waals surface area contributed by atoms with E-state index >= 15 is 0 Å². The summed E-state index contributed by atoms with van der Waals surface area (Å²) in [4.78, 5) is 32.7. The van der Waals surface area contributed by atoms with Crippen LogP contribution in [-0.2, 0) is 4.79 Å². The second-order valence-corrected chi connectivity index (χ2v) is 10.5. The molecule has 0 saturated carbocycles. The van der Waals surface area contributed by atoms with Gasteiger partial charge in [-0.2, -0.15) is 0 Å². The van der Waals surface area contributed by atoms with E-state index in [1.807, 2.05) is 13.8 Å². The lowest BCUT2D eigenvalue weighted by atomic mass is 9.86. The number of hydrogen-bond donors (Lipinski definition) is 4. The number of carbonyl (C=O) groups excluding carboxylic acids is 2. The van der Waals surface area contributed by atoms with Crippen LogP contribution in [0, 0.1) is 5.82 Å². The number of aliphatic hydroxyl groups is 1. The highest BCUT2D eigenvalue weighted by Crippen LogP contribution is 2.40. The number of rotatable bonds is 7. The van der Waals surface area contributed by atoms with E-state index in [1.54, 1.807) is 25.1 Å². The van der Waals surface area contributed by atoms with Gasteiger partial charge in [0.25, 0.3) is 5.91 Å². The van der Waals surface area contributed by atoms with Gasteiger partial charge >= 0.3 is 0 Å². The Morgan fingerprint density at radius 2 is 2.11 bits per heavy atom. The minimum absolute atomic E-state index is 0.132. The molecule has 0 radical (unpaired) electrons. The molecule has 0 saturated heterocycles. The number of ether oxygens (including phenoxy) is 1. The van der Waals surface area contributed by atoms with Crippen LogP contribution in [0.25, 0.3) is 0 Å². The monoisotopic (exact) mass is 526 g/mol. The highest BCUT2D eigenvalue weighted by Gasteiger charge is 2.41. The number of aliphatic imine (C=N–C) groups is 1. The molecule has 0 aliphatic carbocycles. The fourth-order valence-corrected chi connectivity index (χ4v) is 5.00. The Bertz CT molecular complexity index is 1260. The van der Waals surface area contributed by atoms with E-state index in [2.05, 4.69) is 10.3 Å². The number of nitrogens with one attached hydrogen (secondary N) is 1. The molecule has 2 aromatic carbocycles. The van der Waals surface area contributed by atoms with Gasteiger partial charge in [-0.15, -0.1) is 0 Å². The van der Waals surface area contributed by atoms with Gasteiger partial charge in [0, 0.05) is 17.5 Å². The molecule has 0 fully saturated rings. The van der Waals surface area contributed by atoms with Crippen LogP contribution in [0.3, 0.4) is 0 Å². The fraction of sp³-hybridized carbons (Fsp3) is 0.464. The number of nitrogens with zero attached hydrogens (tertiary/aromatic N) is 2. The number of phenolic OH excluding ortho intramolecular Hbond substituents is 1. The summed E-state index contributed by atoms with van der Waals surface area (Å²) in [5.41, 5.74) is 4.77. The van der Waals surface area contributed by atoms with Crippen molar-refractivity contribution in [1.82, 2.24) is 10.2 Å². The second kappa shape index (κ2) is 10.2. The first-order valence-electron chi connectivity index (χ1n) is 12.9. The molecular weight excluding hydrogens is 491 g/mol. The molecule has 204 valence electrons. The largest absolute Gasteiger partial charge is 0.507 e. The molecule has 38 heavy (non-hydrogen) atoms. The predicted octanol–water partition coefficient (Wildman–Crippen LogP) is 3.70. The smallest absolute Gasteiger partial charge is 0.251 e. The molecule has 2 unspecified atom stereocenters. The zero-order valence-electron chi connectivity index (χ0n) is 22.1. The first-order chi connectivity index (χ1) is 17.9. The van der Waals surface area contributed by atoms with Gasteiger partial charge in [0.2, 0.25) is 5.91 Å². The normalized spacial score (nSPS) is 23.5. The quantitative estimate of drug-likeness (QED) is 0.434. The van der Waals surface area contributed by atoms with Gasteiger partial charge in [-0.05, 0) is 57.0 Å². The van der Waals surface area contributed by atoms with Gasteiger partial charge in [0.15, 0.2) is 5.96 Å². The number of nitrogens with two attached hydrogens (primary N) is 1. The van der Waals surface area contributed by atoms with Gasteiger partial charge in [-0.3, -0.25) is 14.5 Å². The molecule has 10 heteroatoms. The van der Waals surface area contributed by atoms with Crippen molar-refractivity contribution in [1.29, 1.82) is 0 Å². The van der Waals surface area contributed by atoms with Crippen molar-refractivity contribution in [2.45, 2.75) is 76.6 Å². The summed E-state index contributed by atoms with van der Waals surface area (Å²) >= 11 is 0. The predicted molar refractivity (Wildman–Crippen MR) is 140 cm³/mol. The Labute approximate surface area is 221 Å². The second-order valence-electron chi connectivity index (χ2n) is 10.5. The highest BCUT2D eigenvalue weighted by molar-refractivity contribution is 6.00. The third-order valence-corrected chi connectivity index (χ3v) is 7.72. The molecule has 0 spiro atoms. The van der Waals surface area contributed by atoms with Gasteiger partial charge in [0.1, 0.15) is 17.3 Å². The summed E-state index contributed by atoms with van der Waals surface area (Å²) in [6.07, 6.45) is 1.52. The summed E-state index contributed by atoms with van der Waals surface area (Å²) in [5.74, 6) is -1.22. The average molecular weight is 527 g/mol. The molecule has 2 aliphatic rings. The maximum atomic E-state index is 14.8. The van der Waals surface area contributed by atoms with Crippen LogP contribution >= 0.6 is 0 Å². The molecular formula is C28H35FN4O5. The van der Waals surface area contributed by atoms with Crippen molar-refractivity contribution < 1.29 is 28.9 Å². The molecule has 4 rings (SSSR count). The van der Waals surface area contributed by atoms with E-state index in [1.165, 1.54) is 24.0 Å². The lowest BCUT2D eigenvalue weighted by molar-refractivity contribution is -0.131. The molecule has 9 nitrogen and oxygen atoms in total.